The van der Waals surface area contributed by atoms with Gasteiger partial charge in [-0.25, -0.2) is 0 Å². The van der Waals surface area contributed by atoms with E-state index >= 15 is 0 Å². The molecule has 6 nitrogen and oxygen atoms in total. The van der Waals surface area contributed by atoms with Gasteiger partial charge in [0.05, 0.1) is 5.60 Å². The van der Waals surface area contributed by atoms with Gasteiger partial charge in [-0.05, 0) is 38.8 Å². The maximum Gasteiger partial charge on any atom is 0.306 e. The van der Waals surface area contributed by atoms with Crippen molar-refractivity contribution in [3.05, 3.63) is 23.5 Å². The number of carbonyl (C=O) groups is 2. The van der Waals surface area contributed by atoms with E-state index in [1.807, 2.05) is 13.8 Å². The quantitative estimate of drug-likeness (QED) is 0.380. The lowest BCUT2D eigenvalue weighted by atomic mass is 9.63. The van der Waals surface area contributed by atoms with Gasteiger partial charge in [-0.1, -0.05) is 51.5 Å². The summed E-state index contributed by atoms with van der Waals surface area (Å²) in [6, 6.07) is 0. The zero-order chi connectivity index (χ0) is 22.7. The van der Waals surface area contributed by atoms with E-state index in [0.29, 0.717) is 18.6 Å². The third-order valence-corrected chi connectivity index (χ3v) is 6.92. The fraction of sp³-hybridized carbons (Fsp3) is 0.760. The van der Waals surface area contributed by atoms with Crippen LogP contribution in [-0.2, 0) is 23.8 Å². The third kappa shape index (κ3) is 4.75. The molecule has 4 bridgehead atoms. The van der Waals surface area contributed by atoms with E-state index < -0.39 is 22.9 Å². The van der Waals surface area contributed by atoms with Crippen molar-refractivity contribution >= 4 is 11.8 Å². The van der Waals surface area contributed by atoms with Crippen LogP contribution in [0.25, 0.3) is 0 Å². The molecule has 0 radical (unpaired) electrons. The second-order valence-corrected chi connectivity index (χ2v) is 9.84. The molecule has 1 aliphatic carbocycles. The summed E-state index contributed by atoms with van der Waals surface area (Å²) in [5, 5.41) is 11.1. The summed E-state index contributed by atoms with van der Waals surface area (Å²) in [7, 11) is 0. The predicted molar refractivity (Wildman–Crippen MR) is 117 cm³/mol. The van der Waals surface area contributed by atoms with E-state index in [2.05, 4.69) is 6.92 Å². The van der Waals surface area contributed by atoms with E-state index in [1.54, 1.807) is 19.1 Å². The molecule has 0 amide bonds. The minimum atomic E-state index is -1.64. The predicted octanol–water partition coefficient (Wildman–Crippen LogP) is 4.54. The number of aliphatic hydroxyl groups is 1. The van der Waals surface area contributed by atoms with Gasteiger partial charge in [-0.15, -0.1) is 0 Å². The first-order chi connectivity index (χ1) is 14.6. The summed E-state index contributed by atoms with van der Waals surface area (Å²) >= 11 is 0. The third-order valence-electron chi connectivity index (χ3n) is 6.92. The van der Waals surface area contributed by atoms with Crippen molar-refractivity contribution in [3.63, 3.8) is 0 Å². The highest BCUT2D eigenvalue weighted by Crippen LogP contribution is 2.59. The van der Waals surface area contributed by atoms with Crippen molar-refractivity contribution in [2.75, 3.05) is 6.61 Å². The Balaban J connectivity index is 1.47. The number of hydrogen-bond donors (Lipinski definition) is 1. The molecule has 4 atom stereocenters. The van der Waals surface area contributed by atoms with Crippen LogP contribution in [0.1, 0.15) is 91.9 Å². The second kappa shape index (κ2) is 9.45. The molecule has 1 N–H and O–H groups in total. The molecule has 4 aliphatic rings. The van der Waals surface area contributed by atoms with Gasteiger partial charge in [0.1, 0.15) is 18.5 Å². The topological polar surface area (TPSA) is 82.1 Å². The van der Waals surface area contributed by atoms with Crippen LogP contribution in [-0.4, -0.2) is 46.4 Å². The molecule has 6 heteroatoms. The number of ether oxygens (including phenoxy) is 3. The van der Waals surface area contributed by atoms with E-state index in [0.717, 1.165) is 18.4 Å². The molecular weight excluding hydrogens is 396 g/mol. The van der Waals surface area contributed by atoms with Crippen LogP contribution in [0.15, 0.2) is 23.5 Å². The lowest BCUT2D eigenvalue weighted by molar-refractivity contribution is -0.265. The summed E-state index contributed by atoms with van der Waals surface area (Å²) in [5.41, 5.74) is -2.59. The van der Waals surface area contributed by atoms with Crippen LogP contribution in [0, 0.1) is 0 Å². The lowest BCUT2D eigenvalue weighted by Gasteiger charge is -2.54. The van der Waals surface area contributed by atoms with Gasteiger partial charge >= 0.3 is 5.97 Å². The molecule has 4 rings (SSSR count). The first-order valence-corrected chi connectivity index (χ1v) is 11.8. The van der Waals surface area contributed by atoms with Crippen molar-refractivity contribution < 1.29 is 28.9 Å². The van der Waals surface area contributed by atoms with Gasteiger partial charge in [0.15, 0.2) is 17.0 Å². The average molecular weight is 435 g/mol. The smallest absolute Gasteiger partial charge is 0.306 e. The Kier molecular flexibility index (Phi) is 7.32. The summed E-state index contributed by atoms with van der Waals surface area (Å²) in [6.07, 6.45) is 12.2. The van der Waals surface area contributed by atoms with Gasteiger partial charge in [0, 0.05) is 19.3 Å². The molecule has 0 unspecified atom stereocenters. The number of carbonyl (C=O) groups excluding carboxylic acids is 2. The number of ketones is 1. The second-order valence-electron chi connectivity index (χ2n) is 9.84. The Labute approximate surface area is 186 Å². The highest BCUT2D eigenvalue weighted by molar-refractivity contribution is 5.93. The van der Waals surface area contributed by atoms with Crippen molar-refractivity contribution in [3.8, 4) is 0 Å². The molecular formula is C25H38O6. The van der Waals surface area contributed by atoms with Crippen molar-refractivity contribution in [1.29, 1.82) is 0 Å². The number of rotatable bonds is 11. The standard InChI is InChI=1S/C25H38O6/c1-5-6-7-8-9-10-11-12-22(27)29-17-18(2)13-14-20-24(4)25(28)19(26)15-23(3,31-24)16-21(25)30-20/h13-14,21,28H,5-12,15-17H2,1-4H3/b18-13-,20-14-/t21-,23-,24+,25-/m0/s1. The Bertz CT molecular complexity index is 755. The number of unbranched alkanes of at least 4 members (excludes halogenated alkanes) is 6. The summed E-state index contributed by atoms with van der Waals surface area (Å²) in [5.74, 6) is 0.0521. The molecule has 0 aromatic rings. The number of fused-ring (bicyclic) bond motifs is 1. The molecule has 3 saturated heterocycles. The van der Waals surface area contributed by atoms with Crippen LogP contribution in [0.3, 0.4) is 0 Å². The SMILES string of the molecule is CCCCCCCCCC(=O)OC/C(C)=C\C=C1/O[C@H]2C[C@]3(C)CC(=O)[C@@]2(O)[C@]1(C)O3. The van der Waals surface area contributed by atoms with Crippen molar-refractivity contribution in [2.45, 2.75) is 115 Å². The van der Waals surface area contributed by atoms with Crippen LogP contribution < -0.4 is 0 Å². The fourth-order valence-electron chi connectivity index (χ4n) is 5.08. The Morgan fingerprint density at radius 3 is 2.58 bits per heavy atom. The summed E-state index contributed by atoms with van der Waals surface area (Å²) < 4.78 is 17.5. The lowest BCUT2D eigenvalue weighted by Crippen LogP contribution is -2.73. The molecule has 4 fully saturated rings. The van der Waals surface area contributed by atoms with Gasteiger partial charge in [-0.2, -0.15) is 0 Å². The fourth-order valence-corrected chi connectivity index (χ4v) is 5.08. The maximum absolute atomic E-state index is 12.6. The Morgan fingerprint density at radius 2 is 1.87 bits per heavy atom. The molecule has 1 saturated carbocycles. The first-order valence-electron chi connectivity index (χ1n) is 11.8. The highest BCUT2D eigenvalue weighted by Gasteiger charge is 2.76. The monoisotopic (exact) mass is 434 g/mol. The van der Waals surface area contributed by atoms with Gasteiger partial charge in [0.2, 0.25) is 0 Å². The molecule has 0 aromatic heterocycles. The summed E-state index contributed by atoms with van der Waals surface area (Å²) in [6.45, 7) is 7.90. The minimum Gasteiger partial charge on any atom is -0.488 e. The highest BCUT2D eigenvalue weighted by atomic mass is 16.6. The van der Waals surface area contributed by atoms with E-state index in [9.17, 15) is 14.7 Å². The number of esters is 1. The van der Waals surface area contributed by atoms with Crippen LogP contribution in [0.4, 0.5) is 0 Å². The molecule has 3 heterocycles. The van der Waals surface area contributed by atoms with E-state index in [-0.39, 0.29) is 24.8 Å². The largest absolute Gasteiger partial charge is 0.488 e. The average Bonchev–Trinajstić information content (AvgIpc) is 2.84. The van der Waals surface area contributed by atoms with Gasteiger partial charge in [0.25, 0.3) is 0 Å². The van der Waals surface area contributed by atoms with Gasteiger partial charge in [-0.3, -0.25) is 9.59 Å². The first kappa shape index (κ1) is 24.0. The van der Waals surface area contributed by atoms with E-state index in [4.69, 9.17) is 14.2 Å². The molecule has 0 spiro atoms. The van der Waals surface area contributed by atoms with Gasteiger partial charge < -0.3 is 19.3 Å². The Hall–Kier alpha value is -1.66. The molecule has 31 heavy (non-hydrogen) atoms. The van der Waals surface area contributed by atoms with Crippen LogP contribution in [0.2, 0.25) is 0 Å². The number of allylic oxidation sites excluding steroid dienone is 2. The number of hydrogen-bond acceptors (Lipinski definition) is 6. The number of Topliss-reactive ketones (excluding diaryl/α,β-unsaturated/α-hetero) is 1. The minimum absolute atomic E-state index is 0.178. The zero-order valence-electron chi connectivity index (χ0n) is 19.5. The molecule has 3 aliphatic heterocycles. The normalized spacial score (nSPS) is 35.5. The van der Waals surface area contributed by atoms with Crippen molar-refractivity contribution in [2.24, 2.45) is 0 Å². The van der Waals surface area contributed by atoms with Crippen LogP contribution in [0.5, 0.6) is 0 Å². The van der Waals surface area contributed by atoms with Crippen LogP contribution >= 0.6 is 0 Å². The molecule has 0 aromatic carbocycles. The molecule has 174 valence electrons. The zero-order valence-corrected chi connectivity index (χ0v) is 19.5. The maximum atomic E-state index is 12.6. The van der Waals surface area contributed by atoms with Crippen molar-refractivity contribution in [1.82, 2.24) is 0 Å². The van der Waals surface area contributed by atoms with E-state index in [1.165, 1.54) is 32.1 Å². The summed E-state index contributed by atoms with van der Waals surface area (Å²) in [4.78, 5) is 24.5. The Morgan fingerprint density at radius 1 is 1.19 bits per heavy atom.